The Labute approximate surface area is 122 Å². The van der Waals surface area contributed by atoms with Crippen molar-refractivity contribution in [2.45, 2.75) is 19.0 Å². The van der Waals surface area contributed by atoms with E-state index in [4.69, 9.17) is 10.5 Å². The average molecular weight is 298 g/mol. The van der Waals surface area contributed by atoms with E-state index in [-0.39, 0.29) is 12.5 Å². The first-order valence-corrected chi connectivity index (χ1v) is 6.54. The van der Waals surface area contributed by atoms with E-state index < -0.39 is 17.3 Å². The third-order valence-corrected chi connectivity index (χ3v) is 3.25. The Bertz CT molecular complexity index is 620. The smallest absolute Gasteiger partial charge is 0.330 e. The van der Waals surface area contributed by atoms with Crippen molar-refractivity contribution in [2.75, 3.05) is 20.8 Å². The molecule has 1 atom stereocenters. The molecule has 118 valence electrons. The third-order valence-electron chi connectivity index (χ3n) is 3.25. The average Bonchev–Trinajstić information content (AvgIpc) is 2.47. The van der Waals surface area contributed by atoms with E-state index >= 15 is 0 Å². The molecule has 0 aromatic carbocycles. The van der Waals surface area contributed by atoms with E-state index in [1.165, 1.54) is 29.8 Å². The van der Waals surface area contributed by atoms with E-state index in [0.29, 0.717) is 18.6 Å². The van der Waals surface area contributed by atoms with Gasteiger partial charge in [-0.05, 0) is 6.42 Å². The second-order valence-corrected chi connectivity index (χ2v) is 4.99. The van der Waals surface area contributed by atoms with Gasteiger partial charge in [-0.1, -0.05) is 0 Å². The van der Waals surface area contributed by atoms with Crippen LogP contribution in [0.1, 0.15) is 12.0 Å². The fourth-order valence-electron chi connectivity index (χ4n) is 1.98. The first-order chi connectivity index (χ1) is 9.79. The molecule has 0 saturated heterocycles. The quantitative estimate of drug-likeness (QED) is 0.682. The summed E-state index contributed by atoms with van der Waals surface area (Å²) in [4.78, 5) is 37.0. The number of likely N-dealkylation sites (N-methyl/N-ethyl adjacent to an activating group) is 1. The number of methoxy groups -OCH3 is 1. The van der Waals surface area contributed by atoms with Crippen LogP contribution in [0.5, 0.6) is 0 Å². The molecular formula is C13H22N4O4. The molecule has 1 aromatic heterocycles. The number of amides is 1. The number of carbonyl (C=O) groups excluding carboxylic acids is 1. The molecule has 0 fully saturated rings. The molecule has 8 heteroatoms. The molecule has 1 unspecified atom stereocenters. The van der Waals surface area contributed by atoms with Gasteiger partial charge < -0.3 is 19.9 Å². The SMILES string of the molecule is COCCC(N)C(=O)N(C)Cc1cn(C)c(=O)n(C)c1=O. The fraction of sp³-hybridized carbons (Fsp3) is 0.615. The Morgan fingerprint density at radius 2 is 2.05 bits per heavy atom. The number of hydrogen-bond acceptors (Lipinski definition) is 5. The molecule has 0 aliphatic rings. The van der Waals surface area contributed by atoms with Gasteiger partial charge in [0.2, 0.25) is 5.91 Å². The number of nitrogens with two attached hydrogens (primary N) is 1. The Balaban J connectivity index is 2.89. The van der Waals surface area contributed by atoms with Crippen LogP contribution in [-0.2, 0) is 30.2 Å². The van der Waals surface area contributed by atoms with Gasteiger partial charge in [-0.25, -0.2) is 4.79 Å². The number of aromatic nitrogens is 2. The standard InChI is InChI=1S/C13H22N4O4/c1-15(12(19)10(14)5-6-21-4)7-9-8-16(2)13(20)17(3)11(9)18/h8,10H,5-7,14H2,1-4H3. The zero-order chi connectivity index (χ0) is 16.2. The fourth-order valence-corrected chi connectivity index (χ4v) is 1.98. The number of carbonyl (C=O) groups is 1. The lowest BCUT2D eigenvalue weighted by Crippen LogP contribution is -2.44. The van der Waals surface area contributed by atoms with Crippen molar-refractivity contribution >= 4 is 5.91 Å². The number of aryl methyl sites for hydroxylation is 1. The van der Waals surface area contributed by atoms with E-state index in [9.17, 15) is 14.4 Å². The van der Waals surface area contributed by atoms with Crippen molar-refractivity contribution in [2.24, 2.45) is 19.8 Å². The molecule has 1 aromatic rings. The lowest BCUT2D eigenvalue weighted by molar-refractivity contribution is -0.132. The molecule has 0 spiro atoms. The molecular weight excluding hydrogens is 276 g/mol. The van der Waals surface area contributed by atoms with Gasteiger partial charge in [0.05, 0.1) is 18.2 Å². The summed E-state index contributed by atoms with van der Waals surface area (Å²) in [5.74, 6) is -0.275. The molecule has 8 nitrogen and oxygen atoms in total. The maximum Gasteiger partial charge on any atom is 0.330 e. The van der Waals surface area contributed by atoms with Crippen LogP contribution in [-0.4, -0.2) is 46.7 Å². The first kappa shape index (κ1) is 17.1. The van der Waals surface area contributed by atoms with Gasteiger partial charge in [0.25, 0.3) is 5.56 Å². The summed E-state index contributed by atoms with van der Waals surface area (Å²) in [6.07, 6.45) is 1.85. The second-order valence-electron chi connectivity index (χ2n) is 4.99. The van der Waals surface area contributed by atoms with Crippen LogP contribution in [0.25, 0.3) is 0 Å². The molecule has 0 aliphatic heterocycles. The van der Waals surface area contributed by atoms with Crippen molar-refractivity contribution in [1.29, 1.82) is 0 Å². The second kappa shape index (κ2) is 7.19. The van der Waals surface area contributed by atoms with Crippen LogP contribution in [0.2, 0.25) is 0 Å². The molecule has 1 amide bonds. The van der Waals surface area contributed by atoms with E-state index in [2.05, 4.69) is 0 Å². The summed E-state index contributed by atoms with van der Waals surface area (Å²) in [5.41, 5.74) is 5.30. The summed E-state index contributed by atoms with van der Waals surface area (Å²) in [6, 6.07) is -0.675. The van der Waals surface area contributed by atoms with Crippen molar-refractivity contribution in [3.8, 4) is 0 Å². The van der Waals surface area contributed by atoms with Gasteiger partial charge in [-0.3, -0.25) is 14.2 Å². The maximum absolute atomic E-state index is 12.1. The minimum atomic E-state index is -0.675. The number of nitrogens with zero attached hydrogens (tertiary/aromatic N) is 3. The van der Waals surface area contributed by atoms with E-state index in [0.717, 1.165) is 4.57 Å². The van der Waals surface area contributed by atoms with Gasteiger partial charge in [0, 0.05) is 41.1 Å². The van der Waals surface area contributed by atoms with Gasteiger partial charge in [-0.2, -0.15) is 0 Å². The molecule has 0 saturated carbocycles. The van der Waals surface area contributed by atoms with Crippen LogP contribution in [0, 0.1) is 0 Å². The predicted octanol–water partition coefficient (Wildman–Crippen LogP) is -1.59. The molecule has 0 aliphatic carbocycles. The molecule has 2 N–H and O–H groups in total. The van der Waals surface area contributed by atoms with E-state index in [1.807, 2.05) is 0 Å². The third kappa shape index (κ3) is 4.02. The molecule has 21 heavy (non-hydrogen) atoms. The van der Waals surface area contributed by atoms with Crippen LogP contribution >= 0.6 is 0 Å². The highest BCUT2D eigenvalue weighted by molar-refractivity contribution is 5.81. The zero-order valence-corrected chi connectivity index (χ0v) is 12.8. The predicted molar refractivity (Wildman–Crippen MR) is 77.9 cm³/mol. The summed E-state index contributed by atoms with van der Waals surface area (Å²) in [6.45, 7) is 0.489. The summed E-state index contributed by atoms with van der Waals surface area (Å²) in [7, 11) is 6.06. The van der Waals surface area contributed by atoms with Crippen LogP contribution in [0.3, 0.4) is 0 Å². The lowest BCUT2D eigenvalue weighted by Gasteiger charge is -2.21. The maximum atomic E-state index is 12.1. The van der Waals surface area contributed by atoms with Crippen molar-refractivity contribution in [3.05, 3.63) is 32.6 Å². The topological polar surface area (TPSA) is 99.6 Å². The Kier molecular flexibility index (Phi) is 5.86. The number of rotatable bonds is 6. The normalized spacial score (nSPS) is 12.2. The molecule has 1 heterocycles. The summed E-state index contributed by atoms with van der Waals surface area (Å²) in [5, 5.41) is 0. The highest BCUT2D eigenvalue weighted by Gasteiger charge is 2.19. The van der Waals surface area contributed by atoms with Crippen molar-refractivity contribution in [3.63, 3.8) is 0 Å². The number of hydrogen-bond donors (Lipinski definition) is 1. The first-order valence-electron chi connectivity index (χ1n) is 6.54. The Morgan fingerprint density at radius 1 is 1.43 bits per heavy atom. The Morgan fingerprint density at radius 3 is 2.62 bits per heavy atom. The van der Waals surface area contributed by atoms with Crippen molar-refractivity contribution in [1.82, 2.24) is 14.0 Å². The van der Waals surface area contributed by atoms with Crippen LogP contribution < -0.4 is 17.0 Å². The van der Waals surface area contributed by atoms with Crippen molar-refractivity contribution < 1.29 is 9.53 Å². The largest absolute Gasteiger partial charge is 0.385 e. The molecule has 1 rings (SSSR count). The Hall–Kier alpha value is -1.93. The highest BCUT2D eigenvalue weighted by atomic mass is 16.5. The number of ether oxygens (including phenoxy) is 1. The summed E-state index contributed by atoms with van der Waals surface area (Å²) < 4.78 is 7.20. The minimum Gasteiger partial charge on any atom is -0.385 e. The van der Waals surface area contributed by atoms with Crippen LogP contribution in [0.15, 0.2) is 15.8 Å². The van der Waals surface area contributed by atoms with Gasteiger partial charge in [-0.15, -0.1) is 0 Å². The zero-order valence-electron chi connectivity index (χ0n) is 12.8. The lowest BCUT2D eigenvalue weighted by atomic mass is 10.2. The minimum absolute atomic E-state index is 0.0975. The highest BCUT2D eigenvalue weighted by Crippen LogP contribution is 2.00. The van der Waals surface area contributed by atoms with Gasteiger partial charge in [0.15, 0.2) is 0 Å². The van der Waals surface area contributed by atoms with E-state index in [1.54, 1.807) is 14.1 Å². The van der Waals surface area contributed by atoms with Gasteiger partial charge >= 0.3 is 5.69 Å². The van der Waals surface area contributed by atoms with Crippen LogP contribution in [0.4, 0.5) is 0 Å². The monoisotopic (exact) mass is 298 g/mol. The molecule has 0 bridgehead atoms. The summed E-state index contributed by atoms with van der Waals surface area (Å²) >= 11 is 0. The van der Waals surface area contributed by atoms with Gasteiger partial charge in [0.1, 0.15) is 0 Å². The molecule has 0 radical (unpaired) electrons.